The van der Waals surface area contributed by atoms with E-state index in [0.717, 1.165) is 25.9 Å². The molecule has 0 bridgehead atoms. The van der Waals surface area contributed by atoms with E-state index < -0.39 is 5.97 Å². The third kappa shape index (κ3) is 2.99. The molecule has 0 radical (unpaired) electrons. The van der Waals surface area contributed by atoms with Gasteiger partial charge in [-0.1, -0.05) is 5.22 Å². The summed E-state index contributed by atoms with van der Waals surface area (Å²) >= 11 is 0. The normalized spacial score (nSPS) is 16.4. The summed E-state index contributed by atoms with van der Waals surface area (Å²) in [5, 5.41) is 18.8. The number of carboxylic acids is 1. The lowest BCUT2D eigenvalue weighted by molar-refractivity contribution is 0.0697. The van der Waals surface area contributed by atoms with E-state index in [1.165, 1.54) is 24.9 Å². The van der Waals surface area contributed by atoms with Gasteiger partial charge in [-0.3, -0.25) is 9.99 Å². The average molecular weight is 234 g/mol. The fourth-order valence-electron chi connectivity index (χ4n) is 1.72. The Labute approximate surface area is 99.0 Å². The van der Waals surface area contributed by atoms with Crippen molar-refractivity contribution in [2.75, 3.05) is 13.1 Å². The molecular formula is C11H14N4O2. The largest absolute Gasteiger partial charge is 0.478 e. The fourth-order valence-corrected chi connectivity index (χ4v) is 1.72. The number of nitrogens with zero attached hydrogens (tertiary/aromatic N) is 4. The maximum atomic E-state index is 10.9. The number of piperidine rings is 1. The van der Waals surface area contributed by atoms with Crippen LogP contribution in [0.1, 0.15) is 29.6 Å². The van der Waals surface area contributed by atoms with E-state index in [4.69, 9.17) is 5.11 Å². The molecule has 1 aliphatic heterocycles. The van der Waals surface area contributed by atoms with Crippen LogP contribution in [-0.4, -0.2) is 34.2 Å². The predicted molar refractivity (Wildman–Crippen MR) is 61.1 cm³/mol. The number of rotatable bonds is 3. The zero-order chi connectivity index (χ0) is 12.1. The van der Waals surface area contributed by atoms with E-state index in [1.807, 2.05) is 5.01 Å². The Morgan fingerprint density at radius 2 is 2.12 bits per heavy atom. The summed E-state index contributed by atoms with van der Waals surface area (Å²) in [5.74, 6) is -1.01. The van der Waals surface area contributed by atoms with Crippen LogP contribution in [0.3, 0.4) is 0 Å². The van der Waals surface area contributed by atoms with E-state index in [1.54, 1.807) is 0 Å². The van der Waals surface area contributed by atoms with E-state index >= 15 is 0 Å². The Morgan fingerprint density at radius 1 is 1.35 bits per heavy atom. The van der Waals surface area contributed by atoms with E-state index in [9.17, 15) is 4.79 Å². The molecule has 1 N–H and O–H groups in total. The fraction of sp³-hybridized carbons (Fsp3) is 0.455. The van der Waals surface area contributed by atoms with Crippen LogP contribution in [0.2, 0.25) is 0 Å². The second-order valence-corrected chi connectivity index (χ2v) is 3.90. The molecule has 0 aromatic carbocycles. The summed E-state index contributed by atoms with van der Waals surface area (Å²) in [6, 6.07) is 1.42. The second kappa shape index (κ2) is 5.38. The Kier molecular flexibility index (Phi) is 3.64. The van der Waals surface area contributed by atoms with Gasteiger partial charge < -0.3 is 5.11 Å². The Morgan fingerprint density at radius 3 is 2.82 bits per heavy atom. The lowest BCUT2D eigenvalue weighted by Crippen LogP contribution is -2.23. The monoisotopic (exact) mass is 234 g/mol. The number of pyridine rings is 1. The molecule has 0 unspecified atom stereocenters. The average Bonchev–Trinajstić information content (AvgIpc) is 2.38. The van der Waals surface area contributed by atoms with Crippen molar-refractivity contribution in [3.8, 4) is 0 Å². The standard InChI is InChI=1S/C11H14N4O2/c16-11(17)9-4-5-12-8-10(9)13-14-15-6-2-1-3-7-15/h4-5,8H,1-3,6-7H2,(H,16,17). The first-order valence-electron chi connectivity index (χ1n) is 5.61. The van der Waals surface area contributed by atoms with Gasteiger partial charge in [0.05, 0.1) is 11.8 Å². The lowest BCUT2D eigenvalue weighted by Gasteiger charge is -2.21. The number of aromatic nitrogens is 1. The maximum absolute atomic E-state index is 10.9. The maximum Gasteiger partial charge on any atom is 0.338 e. The van der Waals surface area contributed by atoms with E-state index in [-0.39, 0.29) is 5.56 Å². The van der Waals surface area contributed by atoms with Gasteiger partial charge in [0.15, 0.2) is 0 Å². The summed E-state index contributed by atoms with van der Waals surface area (Å²) in [6.07, 6.45) is 6.29. The highest BCUT2D eigenvalue weighted by Gasteiger charge is 2.10. The van der Waals surface area contributed by atoms with Crippen LogP contribution in [0.5, 0.6) is 0 Å². The molecule has 6 heteroatoms. The molecule has 0 spiro atoms. The molecule has 2 heterocycles. The van der Waals surface area contributed by atoms with Gasteiger partial charge in [0.2, 0.25) is 0 Å². The van der Waals surface area contributed by atoms with Crippen molar-refractivity contribution in [2.45, 2.75) is 19.3 Å². The Bertz CT molecular complexity index is 427. The first kappa shape index (κ1) is 11.5. The summed E-state index contributed by atoms with van der Waals surface area (Å²) in [6.45, 7) is 1.76. The van der Waals surface area contributed by atoms with Crippen molar-refractivity contribution in [1.29, 1.82) is 0 Å². The smallest absolute Gasteiger partial charge is 0.338 e. The van der Waals surface area contributed by atoms with Gasteiger partial charge >= 0.3 is 5.97 Å². The van der Waals surface area contributed by atoms with E-state index in [2.05, 4.69) is 15.3 Å². The highest BCUT2D eigenvalue weighted by Crippen LogP contribution is 2.19. The zero-order valence-corrected chi connectivity index (χ0v) is 9.41. The number of hydrogen-bond donors (Lipinski definition) is 1. The highest BCUT2D eigenvalue weighted by molar-refractivity contribution is 5.92. The third-order valence-corrected chi connectivity index (χ3v) is 2.64. The summed E-state index contributed by atoms with van der Waals surface area (Å²) in [7, 11) is 0. The second-order valence-electron chi connectivity index (χ2n) is 3.90. The Hall–Kier alpha value is -1.98. The molecule has 1 aliphatic rings. The van der Waals surface area contributed by atoms with Crippen molar-refractivity contribution < 1.29 is 9.90 Å². The van der Waals surface area contributed by atoms with Gasteiger partial charge in [0.1, 0.15) is 5.69 Å². The molecule has 6 nitrogen and oxygen atoms in total. The number of carboxylic acid groups (broad SMARTS) is 1. The molecule has 1 aromatic heterocycles. The van der Waals surface area contributed by atoms with Gasteiger partial charge in [0, 0.05) is 19.3 Å². The molecular weight excluding hydrogens is 220 g/mol. The van der Waals surface area contributed by atoms with Crippen molar-refractivity contribution in [1.82, 2.24) is 9.99 Å². The highest BCUT2D eigenvalue weighted by atomic mass is 16.4. The van der Waals surface area contributed by atoms with Gasteiger partial charge in [-0.25, -0.2) is 4.79 Å². The van der Waals surface area contributed by atoms with Crippen molar-refractivity contribution in [3.05, 3.63) is 24.0 Å². The minimum atomic E-state index is -1.01. The van der Waals surface area contributed by atoms with Gasteiger partial charge in [-0.2, -0.15) is 0 Å². The number of hydrogen-bond acceptors (Lipinski definition) is 4. The molecule has 0 aliphatic carbocycles. The zero-order valence-electron chi connectivity index (χ0n) is 9.41. The molecule has 90 valence electrons. The molecule has 0 atom stereocenters. The van der Waals surface area contributed by atoms with Crippen LogP contribution in [0, 0.1) is 0 Å². The molecule has 0 amide bonds. The predicted octanol–water partition coefficient (Wildman–Crippen LogP) is 2.26. The molecule has 0 saturated carbocycles. The summed E-state index contributed by atoms with van der Waals surface area (Å²) < 4.78 is 0. The van der Waals surface area contributed by atoms with Crippen LogP contribution >= 0.6 is 0 Å². The van der Waals surface area contributed by atoms with Crippen LogP contribution in [0.15, 0.2) is 28.8 Å². The van der Waals surface area contributed by atoms with Crippen LogP contribution in [-0.2, 0) is 0 Å². The molecule has 2 rings (SSSR count). The first-order chi connectivity index (χ1) is 8.27. The van der Waals surface area contributed by atoms with Crippen molar-refractivity contribution in [2.24, 2.45) is 10.3 Å². The molecule has 1 fully saturated rings. The third-order valence-electron chi connectivity index (χ3n) is 2.64. The Balaban J connectivity index is 2.11. The molecule has 1 aromatic rings. The van der Waals surface area contributed by atoms with Gasteiger partial charge in [0.25, 0.3) is 0 Å². The molecule has 17 heavy (non-hydrogen) atoms. The summed E-state index contributed by atoms with van der Waals surface area (Å²) in [4.78, 5) is 14.8. The van der Waals surface area contributed by atoms with Gasteiger partial charge in [-0.05, 0) is 25.3 Å². The van der Waals surface area contributed by atoms with E-state index in [0.29, 0.717) is 5.69 Å². The topological polar surface area (TPSA) is 78.1 Å². The SMILES string of the molecule is O=C(O)c1ccncc1N=NN1CCCCC1. The lowest BCUT2D eigenvalue weighted by atomic mass is 10.2. The van der Waals surface area contributed by atoms with Gasteiger partial charge in [-0.15, -0.1) is 5.11 Å². The minimum Gasteiger partial charge on any atom is -0.478 e. The molecule has 1 saturated heterocycles. The summed E-state index contributed by atoms with van der Waals surface area (Å²) in [5.41, 5.74) is 0.423. The van der Waals surface area contributed by atoms with Crippen molar-refractivity contribution in [3.63, 3.8) is 0 Å². The van der Waals surface area contributed by atoms with Crippen LogP contribution in [0.4, 0.5) is 5.69 Å². The quantitative estimate of drug-likeness (QED) is 0.813. The van der Waals surface area contributed by atoms with Crippen LogP contribution in [0.25, 0.3) is 0 Å². The first-order valence-corrected chi connectivity index (χ1v) is 5.61. The number of carbonyl (C=O) groups is 1. The van der Waals surface area contributed by atoms with Crippen molar-refractivity contribution >= 4 is 11.7 Å². The number of aromatic carboxylic acids is 1. The minimum absolute atomic E-state index is 0.126. The van der Waals surface area contributed by atoms with Crippen LogP contribution < -0.4 is 0 Å².